The predicted molar refractivity (Wildman–Crippen MR) is 150 cm³/mol. The second-order valence-electron chi connectivity index (χ2n) is 10.6. The van der Waals surface area contributed by atoms with Crippen LogP contribution in [0.25, 0.3) is 0 Å². The third-order valence-corrected chi connectivity index (χ3v) is 8.03. The molecule has 0 radical (unpaired) electrons. The summed E-state index contributed by atoms with van der Waals surface area (Å²) in [6, 6.07) is 15.6. The van der Waals surface area contributed by atoms with Gasteiger partial charge in [-0.05, 0) is 77.6 Å². The Labute approximate surface area is 229 Å². The molecule has 202 valence electrons. The van der Waals surface area contributed by atoms with Crippen molar-refractivity contribution in [2.75, 3.05) is 26.2 Å². The number of rotatable bonds is 10. The normalized spacial score (nSPS) is 15.0. The number of halogens is 1. The van der Waals surface area contributed by atoms with Crippen molar-refractivity contribution in [2.24, 2.45) is 5.92 Å². The van der Waals surface area contributed by atoms with E-state index in [2.05, 4.69) is 51.3 Å². The first-order chi connectivity index (χ1) is 18.2. The summed E-state index contributed by atoms with van der Waals surface area (Å²) in [4.78, 5) is 31.7. The summed E-state index contributed by atoms with van der Waals surface area (Å²) in [5, 5.41) is 2.06. The molecule has 0 saturated carbocycles. The van der Waals surface area contributed by atoms with Gasteiger partial charge in [-0.3, -0.25) is 9.59 Å². The van der Waals surface area contributed by atoms with E-state index in [0.717, 1.165) is 24.2 Å². The molecule has 0 saturated heterocycles. The molecule has 0 bridgehead atoms. The predicted octanol–water partition coefficient (Wildman–Crippen LogP) is 6.70. The van der Waals surface area contributed by atoms with Crippen LogP contribution in [0.2, 0.25) is 0 Å². The summed E-state index contributed by atoms with van der Waals surface area (Å²) >= 11 is 1.70. The van der Waals surface area contributed by atoms with E-state index >= 15 is 0 Å². The number of thiophene rings is 1. The van der Waals surface area contributed by atoms with E-state index in [9.17, 15) is 14.0 Å². The highest BCUT2D eigenvalue weighted by molar-refractivity contribution is 7.10. The molecule has 0 fully saturated rings. The molecule has 2 amide bonds. The van der Waals surface area contributed by atoms with E-state index in [0.29, 0.717) is 31.5 Å². The molecule has 1 aliphatic heterocycles. The Morgan fingerprint density at radius 3 is 2.55 bits per heavy atom. The standard InChI is InChI=1S/C31H37FN2O3S/c1-21(2)12-15-33(31(36)24-6-5-7-25(32)18-24)19-30(35)34-16-13-29-27(14-17-38-29)28(34)20-37-26-10-8-23(9-11-26)22(3)4/h5-11,14,17-18,21-22,28H,12-13,15-16,19-20H2,1-4H3/t28-/m1/s1. The maximum Gasteiger partial charge on any atom is 0.254 e. The van der Waals surface area contributed by atoms with Gasteiger partial charge in [0.2, 0.25) is 5.91 Å². The molecular formula is C31H37FN2O3S. The molecule has 1 aromatic heterocycles. The fraction of sp³-hybridized carbons (Fsp3) is 0.419. The van der Waals surface area contributed by atoms with Crippen molar-refractivity contribution >= 4 is 23.2 Å². The molecule has 0 unspecified atom stereocenters. The van der Waals surface area contributed by atoms with E-state index < -0.39 is 5.82 Å². The van der Waals surface area contributed by atoms with Gasteiger partial charge in [0.05, 0.1) is 6.04 Å². The summed E-state index contributed by atoms with van der Waals surface area (Å²) < 4.78 is 20.0. The van der Waals surface area contributed by atoms with Crippen LogP contribution in [-0.2, 0) is 11.2 Å². The number of hydrogen-bond donors (Lipinski definition) is 0. The Hall–Kier alpha value is -3.19. The molecule has 1 aliphatic rings. The molecule has 2 aromatic carbocycles. The van der Waals surface area contributed by atoms with E-state index in [4.69, 9.17) is 4.74 Å². The van der Waals surface area contributed by atoms with Crippen molar-refractivity contribution in [1.82, 2.24) is 9.80 Å². The molecule has 2 heterocycles. The number of benzene rings is 2. The first kappa shape index (κ1) is 27.8. The summed E-state index contributed by atoms with van der Waals surface area (Å²) in [5.74, 6) is 0.649. The van der Waals surface area contributed by atoms with Crippen molar-refractivity contribution in [2.45, 2.75) is 52.5 Å². The van der Waals surface area contributed by atoms with Crippen LogP contribution >= 0.6 is 11.3 Å². The van der Waals surface area contributed by atoms with Gasteiger partial charge >= 0.3 is 0 Å². The molecule has 38 heavy (non-hydrogen) atoms. The smallest absolute Gasteiger partial charge is 0.254 e. The Bertz CT molecular complexity index is 1240. The first-order valence-corrected chi connectivity index (χ1v) is 14.2. The highest BCUT2D eigenvalue weighted by atomic mass is 32.1. The number of carbonyl (C=O) groups is 2. The minimum absolute atomic E-state index is 0.0544. The zero-order chi connectivity index (χ0) is 27.2. The van der Waals surface area contributed by atoms with E-state index in [1.165, 1.54) is 28.6 Å². The van der Waals surface area contributed by atoms with Gasteiger partial charge in [-0.1, -0.05) is 45.9 Å². The fourth-order valence-corrected chi connectivity index (χ4v) is 5.65. The van der Waals surface area contributed by atoms with Crippen LogP contribution in [-0.4, -0.2) is 47.9 Å². The van der Waals surface area contributed by atoms with Crippen molar-refractivity contribution in [3.8, 4) is 5.75 Å². The van der Waals surface area contributed by atoms with E-state index in [-0.39, 0.29) is 30.0 Å². The molecular weight excluding hydrogens is 499 g/mol. The van der Waals surface area contributed by atoms with Gasteiger partial charge in [-0.15, -0.1) is 11.3 Å². The molecule has 1 atom stereocenters. The lowest BCUT2D eigenvalue weighted by molar-refractivity contribution is -0.135. The third kappa shape index (κ3) is 6.81. The molecule has 0 aliphatic carbocycles. The third-order valence-electron chi connectivity index (χ3n) is 7.03. The molecule has 3 aromatic rings. The van der Waals surface area contributed by atoms with Crippen molar-refractivity contribution < 1.29 is 18.7 Å². The second-order valence-corrected chi connectivity index (χ2v) is 11.6. The van der Waals surface area contributed by atoms with Gasteiger partial charge in [0.15, 0.2) is 0 Å². The Balaban J connectivity index is 1.52. The van der Waals surface area contributed by atoms with Gasteiger partial charge in [-0.2, -0.15) is 0 Å². The average Bonchev–Trinajstić information content (AvgIpc) is 3.38. The van der Waals surface area contributed by atoms with Crippen LogP contribution in [0.5, 0.6) is 5.75 Å². The number of hydrogen-bond acceptors (Lipinski definition) is 4. The maximum atomic E-state index is 13.8. The van der Waals surface area contributed by atoms with E-state index in [1.807, 2.05) is 17.0 Å². The maximum absolute atomic E-state index is 13.8. The van der Waals surface area contributed by atoms with Gasteiger partial charge in [-0.25, -0.2) is 4.39 Å². The summed E-state index contributed by atoms with van der Waals surface area (Å²) in [5.41, 5.74) is 2.61. The van der Waals surface area contributed by atoms with Crippen LogP contribution in [0.3, 0.4) is 0 Å². The Morgan fingerprint density at radius 1 is 1.11 bits per heavy atom. The monoisotopic (exact) mass is 536 g/mol. The van der Waals surface area contributed by atoms with Crippen molar-refractivity contribution in [1.29, 1.82) is 0 Å². The SMILES string of the molecule is CC(C)CCN(CC(=O)N1CCc2sccc2[C@H]1COc1ccc(C(C)C)cc1)C(=O)c1cccc(F)c1. The lowest BCUT2D eigenvalue weighted by Gasteiger charge is -2.37. The first-order valence-electron chi connectivity index (χ1n) is 13.4. The molecule has 5 nitrogen and oxygen atoms in total. The highest BCUT2D eigenvalue weighted by Crippen LogP contribution is 2.34. The minimum atomic E-state index is -0.467. The van der Waals surface area contributed by atoms with Crippen molar-refractivity contribution in [3.63, 3.8) is 0 Å². The number of fused-ring (bicyclic) bond motifs is 1. The second kappa shape index (κ2) is 12.6. The summed E-state index contributed by atoms with van der Waals surface area (Å²) in [6.45, 7) is 9.75. The molecule has 4 rings (SSSR count). The molecule has 0 spiro atoms. The topological polar surface area (TPSA) is 49.9 Å². The summed E-state index contributed by atoms with van der Waals surface area (Å²) in [7, 11) is 0. The molecule has 7 heteroatoms. The Morgan fingerprint density at radius 2 is 1.87 bits per heavy atom. The van der Waals surface area contributed by atoms with Crippen LogP contribution in [0.4, 0.5) is 4.39 Å². The number of carbonyl (C=O) groups excluding carboxylic acids is 2. The van der Waals surface area contributed by atoms with Crippen molar-refractivity contribution in [3.05, 3.63) is 87.4 Å². The molecule has 0 N–H and O–H groups in total. The lowest BCUT2D eigenvalue weighted by Crippen LogP contribution is -2.48. The zero-order valence-corrected chi connectivity index (χ0v) is 23.5. The van der Waals surface area contributed by atoms with Gasteiger partial charge in [0.1, 0.15) is 24.7 Å². The minimum Gasteiger partial charge on any atom is -0.491 e. The van der Waals surface area contributed by atoms with Crippen LogP contribution in [0.1, 0.15) is 72.4 Å². The van der Waals surface area contributed by atoms with Gasteiger partial charge in [0, 0.05) is 23.5 Å². The van der Waals surface area contributed by atoms with E-state index in [1.54, 1.807) is 22.3 Å². The largest absolute Gasteiger partial charge is 0.491 e. The number of amides is 2. The van der Waals surface area contributed by atoms with Crippen LogP contribution < -0.4 is 4.74 Å². The average molecular weight is 537 g/mol. The van der Waals surface area contributed by atoms with Gasteiger partial charge in [0.25, 0.3) is 5.91 Å². The van der Waals surface area contributed by atoms with Gasteiger partial charge < -0.3 is 14.5 Å². The zero-order valence-electron chi connectivity index (χ0n) is 22.7. The number of ether oxygens (including phenoxy) is 1. The fourth-order valence-electron chi connectivity index (χ4n) is 4.72. The van der Waals surface area contributed by atoms with Crippen LogP contribution in [0, 0.1) is 11.7 Å². The highest BCUT2D eigenvalue weighted by Gasteiger charge is 2.33. The summed E-state index contributed by atoms with van der Waals surface area (Å²) in [6.07, 6.45) is 1.53. The quantitative estimate of drug-likeness (QED) is 0.290. The Kier molecular flexibility index (Phi) is 9.21. The van der Waals surface area contributed by atoms with Crippen LogP contribution in [0.15, 0.2) is 60.0 Å². The lowest BCUT2D eigenvalue weighted by atomic mass is 10.00. The number of nitrogens with zero attached hydrogens (tertiary/aromatic N) is 2.